The summed E-state index contributed by atoms with van der Waals surface area (Å²) in [5.74, 6) is 0. The molecule has 62 heavy (non-hydrogen) atoms. The van der Waals surface area contributed by atoms with E-state index in [2.05, 4.69) is 240 Å². The Balaban J connectivity index is 1.06. The molecule has 0 atom stereocenters. The Morgan fingerprint density at radius 2 is 0.677 bits per heavy atom. The Morgan fingerprint density at radius 1 is 0.290 bits per heavy atom. The summed E-state index contributed by atoms with van der Waals surface area (Å²) in [6.45, 7) is -0.439. The van der Waals surface area contributed by atoms with Gasteiger partial charge in [-0.2, -0.15) is 0 Å². The summed E-state index contributed by atoms with van der Waals surface area (Å²) >= 11 is 0. The van der Waals surface area contributed by atoms with Gasteiger partial charge in [-0.05, 0) is 107 Å². The number of para-hydroxylation sites is 5. The molecule has 3 heterocycles. The van der Waals surface area contributed by atoms with Crippen LogP contribution in [0, 0.1) is 0 Å². The highest BCUT2D eigenvalue weighted by Crippen LogP contribution is 2.36. The van der Waals surface area contributed by atoms with Gasteiger partial charge in [0.1, 0.15) is 11.2 Å². The van der Waals surface area contributed by atoms with E-state index in [1.807, 2.05) is 0 Å². The summed E-state index contributed by atoms with van der Waals surface area (Å²) in [4.78, 5) is 4.61. The number of anilines is 6. The molecule has 290 valence electrons. The van der Waals surface area contributed by atoms with Crippen LogP contribution in [-0.2, 0) is 0 Å². The van der Waals surface area contributed by atoms with Crippen LogP contribution in [-0.4, -0.2) is 13.4 Å². The van der Waals surface area contributed by atoms with E-state index < -0.39 is 0 Å². The van der Waals surface area contributed by atoms with Crippen molar-refractivity contribution < 1.29 is 8.83 Å². The highest BCUT2D eigenvalue weighted by molar-refractivity contribution is 7.12. The first-order chi connectivity index (χ1) is 30.8. The van der Waals surface area contributed by atoms with Crippen LogP contribution >= 0.6 is 0 Å². The monoisotopic (exact) mass is 792 g/mol. The molecular formula is C56H38B2N2O2. The quantitative estimate of drug-likeness (QED) is 0.144. The topological polar surface area (TPSA) is 32.8 Å². The maximum atomic E-state index is 7.23. The Hall–Kier alpha value is -7.95. The van der Waals surface area contributed by atoms with E-state index in [1.165, 1.54) is 10.8 Å². The van der Waals surface area contributed by atoms with Crippen molar-refractivity contribution in [2.24, 2.45) is 0 Å². The zero-order valence-corrected chi connectivity index (χ0v) is 33.8. The molecule has 0 saturated carbocycles. The Labute approximate surface area is 361 Å². The van der Waals surface area contributed by atoms with E-state index >= 15 is 0 Å². The lowest BCUT2D eigenvalue weighted by molar-refractivity contribution is 0.647. The average Bonchev–Trinajstić information content (AvgIpc) is 3.92. The van der Waals surface area contributed by atoms with Crippen LogP contribution in [0.5, 0.6) is 0 Å². The van der Waals surface area contributed by atoms with Crippen molar-refractivity contribution in [1.29, 1.82) is 0 Å². The molecule has 1 aliphatic rings. The van der Waals surface area contributed by atoms with E-state index in [9.17, 15) is 0 Å². The normalized spacial score (nSPS) is 12.1. The van der Waals surface area contributed by atoms with Gasteiger partial charge in [0.15, 0.2) is 0 Å². The molecule has 11 aromatic rings. The van der Waals surface area contributed by atoms with E-state index in [4.69, 9.17) is 8.83 Å². The smallest absolute Gasteiger partial charge is 0.290 e. The second-order valence-corrected chi connectivity index (χ2v) is 16.0. The molecule has 0 bridgehead atoms. The number of hydrogen-bond acceptors (Lipinski definition) is 4. The molecule has 12 rings (SSSR count). The molecule has 0 aliphatic carbocycles. The minimum atomic E-state index is -0.224. The lowest BCUT2D eigenvalue weighted by Gasteiger charge is -2.28. The first-order valence-electron chi connectivity index (χ1n) is 21.2. The summed E-state index contributed by atoms with van der Waals surface area (Å²) in [5, 5.41) is 4.58. The second-order valence-electron chi connectivity index (χ2n) is 16.0. The molecule has 0 unspecified atom stereocenters. The Kier molecular flexibility index (Phi) is 8.67. The number of nitrogens with zero attached hydrogens (tertiary/aromatic N) is 2. The van der Waals surface area contributed by atoms with Crippen molar-refractivity contribution >= 4 is 113 Å². The molecule has 0 amide bonds. The van der Waals surface area contributed by atoms with Gasteiger partial charge in [0.25, 0.3) is 13.4 Å². The highest BCUT2D eigenvalue weighted by atomic mass is 16.3. The minimum absolute atomic E-state index is 0.215. The summed E-state index contributed by atoms with van der Waals surface area (Å²) in [7, 11) is 0. The fraction of sp³-hybridized carbons (Fsp3) is 0. The van der Waals surface area contributed by atoms with Gasteiger partial charge in [-0.15, -0.1) is 0 Å². The number of furan rings is 2. The van der Waals surface area contributed by atoms with Crippen molar-refractivity contribution in [1.82, 2.24) is 0 Å². The molecule has 0 fully saturated rings. The third kappa shape index (κ3) is 5.95. The van der Waals surface area contributed by atoms with Crippen LogP contribution in [0.25, 0.3) is 32.7 Å². The van der Waals surface area contributed by atoms with Gasteiger partial charge in [-0.25, -0.2) is 0 Å². The van der Waals surface area contributed by atoms with Gasteiger partial charge in [0, 0.05) is 44.9 Å². The average molecular weight is 793 g/mol. The maximum absolute atomic E-state index is 7.23. The first-order valence-corrected chi connectivity index (χ1v) is 21.2. The summed E-state index contributed by atoms with van der Waals surface area (Å²) < 4.78 is 14.4. The Bertz CT molecular complexity index is 3270. The van der Waals surface area contributed by atoms with Crippen molar-refractivity contribution in [2.45, 2.75) is 0 Å². The van der Waals surface area contributed by atoms with E-state index in [1.54, 1.807) is 0 Å². The standard InChI is InChI=1S/C56H38B2N2O2/c1-5-18-42(19-6-1)59(43-20-7-2-8-21-43)46-34-30-40(31-35-46)57-53-49-27-15-16-28-50(49)61-55(53)58(54-52-48-26-14-13-17-39(48)29-38-51(52)62-56(54)57)41-32-36-47(37-33-41)60(44-22-9-3-10-23-44)45-24-11-4-12-25-45/h1-38H. The second kappa shape index (κ2) is 14.9. The molecule has 6 heteroatoms. The van der Waals surface area contributed by atoms with Crippen LogP contribution in [0.4, 0.5) is 34.1 Å². The molecule has 4 nitrogen and oxygen atoms in total. The van der Waals surface area contributed by atoms with Crippen LogP contribution < -0.4 is 43.0 Å². The van der Waals surface area contributed by atoms with Crippen molar-refractivity contribution in [2.75, 3.05) is 9.80 Å². The zero-order chi connectivity index (χ0) is 41.0. The lowest BCUT2D eigenvalue weighted by atomic mass is 9.24. The predicted molar refractivity (Wildman–Crippen MR) is 261 cm³/mol. The van der Waals surface area contributed by atoms with E-state index in [-0.39, 0.29) is 13.4 Å². The summed E-state index contributed by atoms with van der Waals surface area (Å²) in [6.07, 6.45) is 0. The molecule has 0 N–H and O–H groups in total. The number of fused-ring (bicyclic) bond motifs is 8. The third-order valence-corrected chi connectivity index (χ3v) is 12.4. The van der Waals surface area contributed by atoms with Gasteiger partial charge in [0.05, 0.1) is 11.3 Å². The van der Waals surface area contributed by atoms with E-state index in [0.717, 1.165) is 89.2 Å². The largest absolute Gasteiger partial charge is 0.471 e. The fourth-order valence-corrected chi connectivity index (χ4v) is 9.74. The molecule has 0 radical (unpaired) electrons. The molecule has 2 aromatic heterocycles. The third-order valence-electron chi connectivity index (χ3n) is 12.4. The Morgan fingerprint density at radius 3 is 1.19 bits per heavy atom. The van der Waals surface area contributed by atoms with Crippen LogP contribution in [0.2, 0.25) is 0 Å². The van der Waals surface area contributed by atoms with Gasteiger partial charge in [0.2, 0.25) is 0 Å². The number of hydrogen-bond donors (Lipinski definition) is 0. The van der Waals surface area contributed by atoms with Crippen LogP contribution in [0.15, 0.2) is 239 Å². The van der Waals surface area contributed by atoms with Gasteiger partial charge in [-0.1, -0.05) is 157 Å². The molecular weight excluding hydrogens is 754 g/mol. The van der Waals surface area contributed by atoms with Crippen molar-refractivity contribution in [3.63, 3.8) is 0 Å². The fourth-order valence-electron chi connectivity index (χ4n) is 9.74. The zero-order valence-electron chi connectivity index (χ0n) is 33.8. The highest BCUT2D eigenvalue weighted by Gasteiger charge is 2.47. The minimum Gasteiger partial charge on any atom is -0.471 e. The maximum Gasteiger partial charge on any atom is 0.290 e. The van der Waals surface area contributed by atoms with Crippen molar-refractivity contribution in [3.8, 4) is 0 Å². The van der Waals surface area contributed by atoms with Gasteiger partial charge >= 0.3 is 0 Å². The predicted octanol–water partition coefficient (Wildman–Crippen LogP) is 10.6. The molecule has 9 aromatic carbocycles. The number of rotatable bonds is 8. The molecule has 0 spiro atoms. The lowest BCUT2D eigenvalue weighted by Crippen LogP contribution is -2.73. The molecule has 1 aliphatic heterocycles. The SMILES string of the molecule is c1ccc(N(c2ccccc2)c2ccc(B3c4oc5ccc6ccccc6c5c4B(c4ccc(N(c5ccccc5)c5ccccc5)cc4)c4oc5ccccc5c43)cc2)cc1. The van der Waals surface area contributed by atoms with Crippen molar-refractivity contribution in [3.05, 3.63) is 231 Å². The van der Waals surface area contributed by atoms with Gasteiger partial charge < -0.3 is 18.6 Å². The van der Waals surface area contributed by atoms with Crippen LogP contribution in [0.1, 0.15) is 0 Å². The van der Waals surface area contributed by atoms with Crippen LogP contribution in [0.3, 0.4) is 0 Å². The summed E-state index contributed by atoms with van der Waals surface area (Å²) in [5.41, 5.74) is 14.8. The van der Waals surface area contributed by atoms with E-state index in [0.29, 0.717) is 0 Å². The summed E-state index contributed by atoms with van der Waals surface area (Å²) in [6, 6.07) is 81.8. The van der Waals surface area contributed by atoms with Gasteiger partial charge in [-0.3, -0.25) is 0 Å². The first kappa shape index (κ1) is 35.9. The molecule has 0 saturated heterocycles. The number of benzene rings is 9.